The number of fused-ring (bicyclic) bond motifs is 2. The van der Waals surface area contributed by atoms with Crippen molar-refractivity contribution in [2.24, 2.45) is 0 Å². The van der Waals surface area contributed by atoms with Crippen LogP contribution in [0.15, 0.2) is 36.7 Å². The minimum Gasteiger partial charge on any atom is -0.460 e. The molecule has 0 aliphatic heterocycles. The van der Waals surface area contributed by atoms with Crippen LogP contribution in [0.4, 0.5) is 0 Å². The third kappa shape index (κ3) is 3.14. The molecule has 2 aromatic heterocycles. The minimum absolute atomic E-state index is 0.247. The maximum absolute atomic E-state index is 12.9. The molecule has 0 unspecified atom stereocenters. The lowest BCUT2D eigenvalue weighted by Gasteiger charge is -2.20. The summed E-state index contributed by atoms with van der Waals surface area (Å²) in [6, 6.07) is 7.94. The summed E-state index contributed by atoms with van der Waals surface area (Å²) < 4.78 is 7.35. The van der Waals surface area contributed by atoms with Gasteiger partial charge in [-0.05, 0) is 56.4 Å². The zero-order valence-corrected chi connectivity index (χ0v) is 14.4. The summed E-state index contributed by atoms with van der Waals surface area (Å²) >= 11 is 0. The van der Waals surface area contributed by atoms with E-state index in [9.17, 15) is 4.79 Å². The van der Waals surface area contributed by atoms with E-state index in [1.54, 1.807) is 10.9 Å². The van der Waals surface area contributed by atoms with Crippen molar-refractivity contribution in [1.82, 2.24) is 14.8 Å². The average Bonchev–Trinajstić information content (AvgIpc) is 3.13. The van der Waals surface area contributed by atoms with Gasteiger partial charge < -0.3 is 4.74 Å². The molecule has 0 fully saturated rings. The van der Waals surface area contributed by atoms with Crippen molar-refractivity contribution in [1.29, 1.82) is 0 Å². The van der Waals surface area contributed by atoms with Crippen LogP contribution in [-0.2, 0) is 24.1 Å². The quantitative estimate of drug-likeness (QED) is 0.685. The molecule has 0 radical (unpaired) electrons. The van der Waals surface area contributed by atoms with E-state index in [2.05, 4.69) is 5.10 Å². The van der Waals surface area contributed by atoms with Crippen LogP contribution >= 0.6 is 0 Å². The Bertz CT molecular complexity index is 916. The van der Waals surface area contributed by atoms with Gasteiger partial charge in [0.2, 0.25) is 0 Å². The lowest BCUT2D eigenvalue weighted by molar-refractivity contribution is 0.0488. The van der Waals surface area contributed by atoms with Crippen LogP contribution in [0.25, 0.3) is 10.9 Å². The summed E-state index contributed by atoms with van der Waals surface area (Å²) in [5.74, 6) is -0.247. The smallest absolute Gasteiger partial charge is 0.339 e. The number of rotatable bonds is 4. The number of hydrogen-bond acceptors (Lipinski definition) is 4. The molecule has 1 aromatic carbocycles. The fourth-order valence-corrected chi connectivity index (χ4v) is 3.51. The van der Waals surface area contributed by atoms with Crippen LogP contribution in [0.3, 0.4) is 0 Å². The second-order valence-electron chi connectivity index (χ2n) is 6.54. The van der Waals surface area contributed by atoms with Crippen LogP contribution in [0.2, 0.25) is 0 Å². The topological polar surface area (TPSA) is 57.0 Å². The molecule has 0 N–H and O–H groups in total. The van der Waals surface area contributed by atoms with Crippen molar-refractivity contribution in [3.05, 3.63) is 59.0 Å². The molecule has 0 amide bonds. The number of nitrogens with zero attached hydrogens (tertiary/aromatic N) is 3. The van der Waals surface area contributed by atoms with Crippen LogP contribution < -0.4 is 0 Å². The Morgan fingerprint density at radius 1 is 1.28 bits per heavy atom. The van der Waals surface area contributed by atoms with Crippen LogP contribution in [0, 0.1) is 6.92 Å². The van der Waals surface area contributed by atoms with E-state index >= 15 is 0 Å². The largest absolute Gasteiger partial charge is 0.460 e. The number of aromatic nitrogens is 3. The van der Waals surface area contributed by atoms with E-state index < -0.39 is 0 Å². The monoisotopic (exact) mass is 335 g/mol. The number of carbonyl (C=O) groups excluding carboxylic acids is 1. The molecule has 2 heterocycles. The Morgan fingerprint density at radius 2 is 2.16 bits per heavy atom. The average molecular weight is 335 g/mol. The number of pyridine rings is 1. The first-order chi connectivity index (χ1) is 12.2. The molecule has 3 aromatic rings. The molecule has 5 nitrogen and oxygen atoms in total. The lowest BCUT2D eigenvalue weighted by Crippen LogP contribution is -2.17. The highest BCUT2D eigenvalue weighted by atomic mass is 16.5. The lowest BCUT2D eigenvalue weighted by atomic mass is 9.89. The second kappa shape index (κ2) is 6.67. The molecule has 4 rings (SSSR count). The van der Waals surface area contributed by atoms with E-state index in [0.29, 0.717) is 18.7 Å². The second-order valence-corrected chi connectivity index (χ2v) is 6.54. The van der Waals surface area contributed by atoms with Gasteiger partial charge in [0.25, 0.3) is 0 Å². The van der Waals surface area contributed by atoms with E-state index in [0.717, 1.165) is 53.4 Å². The summed E-state index contributed by atoms with van der Waals surface area (Å²) in [7, 11) is 0. The normalized spacial score (nSPS) is 13.6. The Kier molecular flexibility index (Phi) is 4.22. The first kappa shape index (κ1) is 15.8. The summed E-state index contributed by atoms with van der Waals surface area (Å²) in [5.41, 5.74) is 4.85. The molecule has 0 atom stereocenters. The van der Waals surface area contributed by atoms with Crippen molar-refractivity contribution < 1.29 is 9.53 Å². The molecule has 128 valence electrons. The molecule has 0 saturated heterocycles. The van der Waals surface area contributed by atoms with Crippen LogP contribution in [0.5, 0.6) is 0 Å². The van der Waals surface area contributed by atoms with Crippen LogP contribution in [-0.4, -0.2) is 27.3 Å². The van der Waals surface area contributed by atoms with Crippen molar-refractivity contribution in [2.75, 3.05) is 6.61 Å². The molecule has 0 saturated carbocycles. The maximum atomic E-state index is 12.9. The van der Waals surface area contributed by atoms with Crippen LogP contribution in [0.1, 0.15) is 40.0 Å². The highest BCUT2D eigenvalue weighted by Gasteiger charge is 2.23. The molecule has 0 bridgehead atoms. The fraction of sp³-hybridized carbons (Fsp3) is 0.350. The molecule has 0 spiro atoms. The number of ether oxygens (including phenoxy) is 1. The summed E-state index contributed by atoms with van der Waals surface area (Å²) in [6.07, 6.45) is 7.64. The summed E-state index contributed by atoms with van der Waals surface area (Å²) in [5, 5.41) is 5.04. The summed E-state index contributed by atoms with van der Waals surface area (Å²) in [4.78, 5) is 17.7. The third-order valence-electron chi connectivity index (χ3n) is 4.73. The van der Waals surface area contributed by atoms with Crippen molar-refractivity contribution in [3.8, 4) is 0 Å². The predicted molar refractivity (Wildman–Crippen MR) is 95.6 cm³/mol. The zero-order chi connectivity index (χ0) is 17.2. The third-order valence-corrected chi connectivity index (χ3v) is 4.73. The molecule has 25 heavy (non-hydrogen) atoms. The van der Waals surface area contributed by atoms with Gasteiger partial charge in [0.15, 0.2) is 0 Å². The van der Waals surface area contributed by atoms with Crippen molar-refractivity contribution >= 4 is 16.9 Å². The first-order valence-corrected chi connectivity index (χ1v) is 8.79. The van der Waals surface area contributed by atoms with Gasteiger partial charge in [-0.25, -0.2) is 4.79 Å². The number of hydrogen-bond donors (Lipinski definition) is 0. The Hall–Kier alpha value is -2.69. The molecule has 1 aliphatic carbocycles. The number of carbonyl (C=O) groups is 1. The zero-order valence-electron chi connectivity index (χ0n) is 14.4. The van der Waals surface area contributed by atoms with Gasteiger partial charge in [-0.3, -0.25) is 9.67 Å². The molecular weight excluding hydrogens is 314 g/mol. The number of benzene rings is 1. The Morgan fingerprint density at radius 3 is 3.00 bits per heavy atom. The Balaban J connectivity index is 1.68. The van der Waals surface area contributed by atoms with E-state index in [-0.39, 0.29) is 5.97 Å². The van der Waals surface area contributed by atoms with E-state index in [4.69, 9.17) is 9.72 Å². The predicted octanol–water partition coefficient (Wildman–Crippen LogP) is 3.48. The van der Waals surface area contributed by atoms with E-state index in [1.807, 2.05) is 37.4 Å². The van der Waals surface area contributed by atoms with Gasteiger partial charge in [-0.1, -0.05) is 11.6 Å². The fourth-order valence-electron chi connectivity index (χ4n) is 3.51. The maximum Gasteiger partial charge on any atom is 0.339 e. The standard InChI is InChI=1S/C20H21N3O2/c1-14-7-8-18-16(13-14)19(15-5-2-3-6-17(15)22-18)20(24)25-12-11-23-10-4-9-21-23/h4,7-10,13H,2-3,5-6,11-12H2,1H3. The van der Waals surface area contributed by atoms with Gasteiger partial charge in [-0.15, -0.1) is 0 Å². The van der Waals surface area contributed by atoms with Crippen molar-refractivity contribution in [2.45, 2.75) is 39.2 Å². The van der Waals surface area contributed by atoms with Crippen molar-refractivity contribution in [3.63, 3.8) is 0 Å². The first-order valence-electron chi connectivity index (χ1n) is 8.79. The highest BCUT2D eigenvalue weighted by molar-refractivity contribution is 6.05. The van der Waals surface area contributed by atoms with Gasteiger partial charge in [-0.2, -0.15) is 5.10 Å². The Labute approximate surface area is 146 Å². The molecule has 1 aliphatic rings. The van der Waals surface area contributed by atoms with Gasteiger partial charge in [0, 0.05) is 23.5 Å². The minimum atomic E-state index is -0.247. The van der Waals surface area contributed by atoms with Gasteiger partial charge in [0.1, 0.15) is 6.61 Å². The molecular formula is C20H21N3O2. The highest BCUT2D eigenvalue weighted by Crippen LogP contribution is 2.30. The SMILES string of the molecule is Cc1ccc2nc3c(c(C(=O)OCCn4cccn4)c2c1)CCCC3. The van der Waals surface area contributed by atoms with Gasteiger partial charge in [0.05, 0.1) is 17.6 Å². The number of aryl methyl sites for hydroxylation is 2. The van der Waals surface area contributed by atoms with E-state index in [1.165, 1.54) is 0 Å². The van der Waals surface area contributed by atoms with Gasteiger partial charge >= 0.3 is 5.97 Å². The number of esters is 1. The molecule has 5 heteroatoms. The summed E-state index contributed by atoms with van der Waals surface area (Å²) in [6.45, 7) is 2.90.